The van der Waals surface area contributed by atoms with E-state index >= 15 is 43.9 Å². The summed E-state index contributed by atoms with van der Waals surface area (Å²) in [5.41, 5.74) is -22.8. The summed E-state index contributed by atoms with van der Waals surface area (Å²) in [7, 11) is 0. The number of alkyl halides is 42. The summed E-state index contributed by atoms with van der Waals surface area (Å²) in [6.45, 7) is 0. The number of halogens is 42. The molecule has 2 heterocycles. The van der Waals surface area contributed by atoms with Gasteiger partial charge in [0.2, 0.25) is 0 Å². The first-order chi connectivity index (χ1) is 28.1. The monoisotopic (exact) mass is 1110 g/mol. The number of ether oxygens (including phenoxy) is 3. The van der Waals surface area contributed by atoms with Crippen LogP contribution >= 0.6 is 0 Å². The van der Waals surface area contributed by atoms with Gasteiger partial charge in [0, 0.05) is 0 Å². The van der Waals surface area contributed by atoms with Crippen LogP contribution in [0.5, 0.6) is 0 Å². The lowest BCUT2D eigenvalue weighted by Gasteiger charge is -2.56. The summed E-state index contributed by atoms with van der Waals surface area (Å²) in [6.07, 6.45) is -54.7. The van der Waals surface area contributed by atoms with Crippen LogP contribution < -0.4 is 0 Å². The van der Waals surface area contributed by atoms with E-state index in [-0.39, 0.29) is 0 Å². The van der Waals surface area contributed by atoms with Crippen molar-refractivity contribution in [3.05, 3.63) is 0 Å². The molecule has 0 N–H and O–H groups in total. The first kappa shape index (κ1) is 60.1. The predicted octanol–water partition coefficient (Wildman–Crippen LogP) is 12.9. The Hall–Kier alpha value is -3.06. The van der Waals surface area contributed by atoms with Crippen molar-refractivity contribution < 1.29 is 199 Å². The Morgan fingerprint density at radius 3 is 0.478 bits per heavy atom. The van der Waals surface area contributed by atoms with Crippen LogP contribution in [0.3, 0.4) is 0 Å². The van der Waals surface area contributed by atoms with E-state index < -0.39 is 131 Å². The zero-order chi connectivity index (χ0) is 55.1. The van der Waals surface area contributed by atoms with E-state index in [1.165, 1.54) is 9.47 Å². The lowest BCUT2D eigenvalue weighted by molar-refractivity contribution is -0.536. The highest BCUT2D eigenvalue weighted by molar-refractivity contribution is 5.35. The average Bonchev–Trinajstić information content (AvgIpc) is 3.80. The average molecular weight is 1110 g/mol. The van der Waals surface area contributed by atoms with E-state index in [4.69, 9.17) is 0 Å². The van der Waals surface area contributed by atoms with Crippen LogP contribution in [0.4, 0.5) is 184 Å². The van der Waals surface area contributed by atoms with E-state index in [2.05, 4.69) is 0 Å². The lowest BCUT2D eigenvalue weighted by atomic mass is 9.72. The number of hydrogen-bond donors (Lipinski definition) is 0. The molecule has 67 heavy (non-hydrogen) atoms. The molecule has 3 nitrogen and oxygen atoms in total. The molecule has 2 aliphatic rings. The van der Waals surface area contributed by atoms with Crippen molar-refractivity contribution >= 4 is 0 Å². The number of hydrogen-bond acceptors (Lipinski definition) is 3. The van der Waals surface area contributed by atoms with E-state index in [1.807, 2.05) is 0 Å². The van der Waals surface area contributed by atoms with Crippen molar-refractivity contribution in [2.75, 3.05) is 0 Å². The van der Waals surface area contributed by atoms with Gasteiger partial charge in [-0.25, -0.2) is 0 Å². The summed E-state index contributed by atoms with van der Waals surface area (Å²) in [5.74, 6) is -146. The molecule has 45 heteroatoms. The fourth-order valence-electron chi connectivity index (χ4n) is 5.06. The van der Waals surface area contributed by atoms with Crippen molar-refractivity contribution in [1.82, 2.24) is 0 Å². The van der Waals surface area contributed by atoms with Gasteiger partial charge >= 0.3 is 120 Å². The van der Waals surface area contributed by atoms with Crippen molar-refractivity contribution in [2.45, 2.75) is 131 Å². The lowest BCUT2D eigenvalue weighted by Crippen LogP contribution is -2.88. The Morgan fingerprint density at radius 1 is 0.209 bits per heavy atom. The van der Waals surface area contributed by atoms with Gasteiger partial charge in [0.15, 0.2) is 0 Å². The Kier molecular flexibility index (Phi) is 12.4. The molecule has 4 unspecified atom stereocenters. The first-order valence-electron chi connectivity index (χ1n) is 14.2. The van der Waals surface area contributed by atoms with Crippen LogP contribution in [0.2, 0.25) is 0 Å². The van der Waals surface area contributed by atoms with Crippen molar-refractivity contribution in [2.24, 2.45) is 0 Å². The van der Waals surface area contributed by atoms with Gasteiger partial charge in [0.25, 0.3) is 11.2 Å². The molecular weight excluding hydrogens is 1110 g/mol. The maximum atomic E-state index is 15.7. The van der Waals surface area contributed by atoms with Crippen LogP contribution in [0.25, 0.3) is 0 Å². The second kappa shape index (κ2) is 13.9. The molecule has 0 saturated carbocycles. The maximum Gasteiger partial charge on any atom is 0.460 e. The zero-order valence-corrected chi connectivity index (χ0v) is 28.1. The molecule has 0 amide bonds. The molecule has 2 aliphatic heterocycles. The minimum absolute atomic E-state index is 0.621. The molecule has 0 radical (unpaired) electrons. The normalized spacial score (nSPS) is 25.7. The summed E-state index contributed by atoms with van der Waals surface area (Å²) < 4.78 is 598. The molecular formula is C22F42O3. The molecule has 0 aromatic heterocycles. The topological polar surface area (TPSA) is 34.3 Å². The van der Waals surface area contributed by atoms with Gasteiger partial charge in [-0.15, -0.1) is 0 Å². The minimum atomic E-state index is -11.4. The number of rotatable bonds is 16. The van der Waals surface area contributed by atoms with Crippen LogP contribution in [0.1, 0.15) is 0 Å². The molecule has 400 valence electrons. The smallest absolute Gasteiger partial charge is 0.332 e. The third-order valence-corrected chi connectivity index (χ3v) is 8.76. The highest BCUT2D eigenvalue weighted by Gasteiger charge is 3.12. The van der Waals surface area contributed by atoms with Crippen LogP contribution in [-0.2, 0) is 14.2 Å². The number of epoxide rings is 2. The first-order valence-corrected chi connectivity index (χ1v) is 14.2. The molecule has 0 aromatic rings. The van der Waals surface area contributed by atoms with Gasteiger partial charge in [-0.2, -0.15) is 184 Å². The fourth-order valence-corrected chi connectivity index (χ4v) is 5.06. The minimum Gasteiger partial charge on any atom is -0.332 e. The fraction of sp³-hybridized carbons (Fsp3) is 1.00. The van der Waals surface area contributed by atoms with E-state index in [9.17, 15) is 140 Å². The van der Waals surface area contributed by atoms with Gasteiger partial charge in [0.1, 0.15) is 0 Å². The predicted molar refractivity (Wildman–Crippen MR) is 110 cm³/mol. The largest absolute Gasteiger partial charge is 0.460 e. The maximum absolute atomic E-state index is 15.7. The van der Waals surface area contributed by atoms with Gasteiger partial charge < -0.3 is 4.74 Å². The Balaban J connectivity index is 3.81. The summed E-state index contributed by atoms with van der Waals surface area (Å²) >= 11 is 0. The second-order valence-electron chi connectivity index (χ2n) is 12.8. The Bertz CT molecular complexity index is 1760. The molecule has 2 fully saturated rings. The molecule has 2 saturated heterocycles. The van der Waals surface area contributed by atoms with Crippen LogP contribution in [0.15, 0.2) is 0 Å². The summed E-state index contributed by atoms with van der Waals surface area (Å²) in [5, 5.41) is 0. The van der Waals surface area contributed by atoms with E-state index in [1.54, 1.807) is 0 Å². The third-order valence-electron chi connectivity index (χ3n) is 8.76. The third kappa shape index (κ3) is 6.41. The van der Waals surface area contributed by atoms with Gasteiger partial charge in [-0.1, -0.05) is 0 Å². The summed E-state index contributed by atoms with van der Waals surface area (Å²) in [4.78, 5) is 0. The van der Waals surface area contributed by atoms with Gasteiger partial charge in [-0.3, -0.25) is 9.47 Å². The standard InChI is InChI=1S/C22F42O3/c23-3(24,7(31,32)9(35,36)11(39,40)13(43,44)19(55,56)57)1(5(27,28)17(49,50)51,15(47)21(61,62)66-15)65-2(6(29,30)18(52,53)54,16(48)22(63,64)67-16)4(25,26)8(33,34)10(37,38)12(41,42)14(45,46)20(58,59)60. The SMILES string of the molecule is FC(F)(F)C(F)(F)C(F)(F)C(F)(F)C(F)(F)C(F)(F)C(OC(C(F)(F)C(F)(F)F)(C(F)(F)C(F)(F)C(F)(F)C(F)(F)C(F)(F)C(F)(F)F)C1(F)OC1(F)F)(C(F)(F)C(F)(F)F)C1(F)OC1(F)F. The molecule has 0 bridgehead atoms. The van der Waals surface area contributed by atoms with Crippen LogP contribution in [-0.4, -0.2) is 131 Å². The van der Waals surface area contributed by atoms with Gasteiger partial charge in [0.05, 0.1) is 0 Å². The summed E-state index contributed by atoms with van der Waals surface area (Å²) in [6, 6.07) is 0. The molecule has 0 aliphatic carbocycles. The molecule has 4 atom stereocenters. The van der Waals surface area contributed by atoms with Crippen molar-refractivity contribution in [3.63, 3.8) is 0 Å². The zero-order valence-electron chi connectivity index (χ0n) is 28.1. The Labute approximate surface area is 331 Å². The Morgan fingerprint density at radius 2 is 0.343 bits per heavy atom. The quantitative estimate of drug-likeness (QED) is 0.114. The highest BCUT2D eigenvalue weighted by atomic mass is 19.5. The highest BCUT2D eigenvalue weighted by Crippen LogP contribution is 2.80. The van der Waals surface area contributed by atoms with E-state index in [0.717, 1.165) is 0 Å². The van der Waals surface area contributed by atoms with Gasteiger partial charge in [-0.05, 0) is 0 Å². The van der Waals surface area contributed by atoms with Crippen LogP contribution in [0, 0.1) is 0 Å². The molecule has 2 rings (SSSR count). The molecule has 0 spiro atoms. The van der Waals surface area contributed by atoms with Crippen molar-refractivity contribution in [3.8, 4) is 0 Å². The second-order valence-corrected chi connectivity index (χ2v) is 12.8. The van der Waals surface area contributed by atoms with E-state index in [0.29, 0.717) is 4.74 Å². The van der Waals surface area contributed by atoms with Crippen molar-refractivity contribution in [1.29, 1.82) is 0 Å². The molecule has 0 aromatic carbocycles.